The van der Waals surface area contributed by atoms with Gasteiger partial charge in [-0.2, -0.15) is 0 Å². The van der Waals surface area contributed by atoms with Crippen LogP contribution in [0.15, 0.2) is 0 Å². The van der Waals surface area contributed by atoms with Gasteiger partial charge in [-0.1, -0.05) is 6.92 Å². The first-order valence-corrected chi connectivity index (χ1v) is 5.63. The van der Waals surface area contributed by atoms with E-state index in [-0.39, 0.29) is 5.92 Å². The van der Waals surface area contributed by atoms with Gasteiger partial charge >= 0.3 is 5.97 Å². The number of carboxylic acid groups (broad SMARTS) is 1. The van der Waals surface area contributed by atoms with Crippen molar-refractivity contribution in [2.45, 2.75) is 38.6 Å². The molecule has 1 heterocycles. The predicted molar refractivity (Wildman–Crippen MR) is 54.1 cm³/mol. The van der Waals surface area contributed by atoms with Gasteiger partial charge in [0.15, 0.2) is 0 Å². The molecule has 3 nitrogen and oxygen atoms in total. The van der Waals surface area contributed by atoms with E-state index in [1.807, 2.05) is 0 Å². The van der Waals surface area contributed by atoms with Crippen LogP contribution < -0.4 is 0 Å². The van der Waals surface area contributed by atoms with Crippen molar-refractivity contribution in [2.75, 3.05) is 13.1 Å². The predicted octanol–water partition coefficient (Wildman–Crippen LogP) is 1.58. The number of carbonyl (C=O) groups is 1. The first-order valence-electron chi connectivity index (χ1n) is 5.63. The molecule has 0 radical (unpaired) electrons. The summed E-state index contributed by atoms with van der Waals surface area (Å²) in [5.41, 5.74) is 0. The number of likely N-dealkylation sites (tertiary alicyclic amines) is 1. The summed E-state index contributed by atoms with van der Waals surface area (Å²) in [6.45, 7) is 4.73. The first-order chi connectivity index (χ1) is 6.66. The Morgan fingerprint density at radius 3 is 2.21 bits per heavy atom. The Morgan fingerprint density at radius 2 is 1.79 bits per heavy atom. The van der Waals surface area contributed by atoms with Gasteiger partial charge in [0.2, 0.25) is 0 Å². The summed E-state index contributed by atoms with van der Waals surface area (Å²) in [4.78, 5) is 13.3. The van der Waals surface area contributed by atoms with Crippen LogP contribution in [-0.4, -0.2) is 35.1 Å². The maximum absolute atomic E-state index is 10.8. The monoisotopic (exact) mass is 197 g/mol. The highest BCUT2D eigenvalue weighted by Gasteiger charge is 2.33. The number of hydrogen-bond donors (Lipinski definition) is 1. The molecule has 0 unspecified atom stereocenters. The quantitative estimate of drug-likeness (QED) is 0.730. The van der Waals surface area contributed by atoms with Gasteiger partial charge in [0.25, 0.3) is 0 Å². The topological polar surface area (TPSA) is 40.5 Å². The highest BCUT2D eigenvalue weighted by atomic mass is 16.4. The van der Waals surface area contributed by atoms with Crippen molar-refractivity contribution in [3.63, 3.8) is 0 Å². The summed E-state index contributed by atoms with van der Waals surface area (Å²) in [5, 5.41) is 8.86. The van der Waals surface area contributed by atoms with Crippen LogP contribution in [0, 0.1) is 11.8 Å². The van der Waals surface area contributed by atoms with Crippen LogP contribution in [-0.2, 0) is 4.79 Å². The second kappa shape index (κ2) is 3.89. The zero-order chi connectivity index (χ0) is 10.1. The summed E-state index contributed by atoms with van der Waals surface area (Å²) in [5.74, 6) is 0.192. The number of rotatable bonds is 2. The Labute approximate surface area is 85.1 Å². The molecule has 1 saturated carbocycles. The Bertz CT molecular complexity index is 215. The Balaban J connectivity index is 1.76. The summed E-state index contributed by atoms with van der Waals surface area (Å²) in [6.07, 6.45) is 3.93. The van der Waals surface area contributed by atoms with Gasteiger partial charge in [0.1, 0.15) is 0 Å². The van der Waals surface area contributed by atoms with Crippen LogP contribution in [0.5, 0.6) is 0 Å². The third-order valence-corrected chi connectivity index (χ3v) is 3.65. The average molecular weight is 197 g/mol. The van der Waals surface area contributed by atoms with Gasteiger partial charge in [-0.15, -0.1) is 0 Å². The molecule has 1 aliphatic carbocycles. The van der Waals surface area contributed by atoms with E-state index in [1.165, 1.54) is 13.1 Å². The Morgan fingerprint density at radius 1 is 1.21 bits per heavy atom. The second-order valence-corrected chi connectivity index (χ2v) is 4.90. The molecule has 0 aromatic carbocycles. The maximum Gasteiger partial charge on any atom is 0.306 e. The molecule has 2 fully saturated rings. The van der Waals surface area contributed by atoms with Crippen LogP contribution in [0.1, 0.15) is 32.6 Å². The number of carboxylic acids is 1. The zero-order valence-corrected chi connectivity index (χ0v) is 8.78. The molecule has 0 spiro atoms. The van der Waals surface area contributed by atoms with E-state index in [4.69, 9.17) is 5.11 Å². The fourth-order valence-electron chi connectivity index (χ4n) is 2.73. The number of aliphatic carboxylic acids is 1. The highest BCUT2D eigenvalue weighted by molar-refractivity contribution is 5.70. The van der Waals surface area contributed by atoms with Crippen LogP contribution >= 0.6 is 0 Å². The third kappa shape index (κ3) is 1.92. The smallest absolute Gasteiger partial charge is 0.306 e. The van der Waals surface area contributed by atoms with Crippen molar-refractivity contribution in [1.29, 1.82) is 0 Å². The molecule has 14 heavy (non-hydrogen) atoms. The molecule has 0 bridgehead atoms. The largest absolute Gasteiger partial charge is 0.481 e. The van der Waals surface area contributed by atoms with E-state index < -0.39 is 5.97 Å². The van der Waals surface area contributed by atoms with Gasteiger partial charge in [-0.05, 0) is 31.6 Å². The molecule has 3 heteroatoms. The molecule has 80 valence electrons. The Kier molecular flexibility index (Phi) is 2.77. The number of nitrogens with zero attached hydrogens (tertiary/aromatic N) is 1. The number of hydrogen-bond acceptors (Lipinski definition) is 2. The van der Waals surface area contributed by atoms with E-state index in [0.29, 0.717) is 6.04 Å². The minimum Gasteiger partial charge on any atom is -0.481 e. The summed E-state index contributed by atoms with van der Waals surface area (Å²) >= 11 is 0. The zero-order valence-electron chi connectivity index (χ0n) is 8.78. The van der Waals surface area contributed by atoms with Gasteiger partial charge in [0.05, 0.1) is 5.92 Å². The molecule has 0 atom stereocenters. The molecule has 1 N–H and O–H groups in total. The van der Waals surface area contributed by atoms with Crippen molar-refractivity contribution in [1.82, 2.24) is 4.90 Å². The van der Waals surface area contributed by atoms with Gasteiger partial charge < -0.3 is 5.11 Å². The summed E-state index contributed by atoms with van der Waals surface area (Å²) < 4.78 is 0. The molecular weight excluding hydrogens is 178 g/mol. The lowest BCUT2D eigenvalue weighted by molar-refractivity contribution is -0.143. The van der Waals surface area contributed by atoms with Crippen LogP contribution in [0.4, 0.5) is 0 Å². The molecule has 1 aliphatic heterocycles. The van der Waals surface area contributed by atoms with Crippen LogP contribution in [0.2, 0.25) is 0 Å². The van der Waals surface area contributed by atoms with Gasteiger partial charge in [-0.25, -0.2) is 0 Å². The van der Waals surface area contributed by atoms with Gasteiger partial charge in [0, 0.05) is 19.1 Å². The molecule has 0 aromatic rings. The SMILES string of the molecule is CC1CN(C2CCC(C(=O)O)CC2)C1. The molecule has 2 aliphatic rings. The van der Waals surface area contributed by atoms with E-state index in [2.05, 4.69) is 11.8 Å². The van der Waals surface area contributed by atoms with E-state index >= 15 is 0 Å². The van der Waals surface area contributed by atoms with E-state index in [1.54, 1.807) is 0 Å². The lowest BCUT2D eigenvalue weighted by atomic mass is 9.83. The van der Waals surface area contributed by atoms with E-state index in [0.717, 1.165) is 31.6 Å². The standard InChI is InChI=1S/C11H19NO2/c1-8-6-12(7-8)10-4-2-9(3-5-10)11(13)14/h8-10H,2-7H2,1H3,(H,13,14). The average Bonchev–Trinajstić information content (AvgIpc) is 2.13. The van der Waals surface area contributed by atoms with Crippen LogP contribution in [0.25, 0.3) is 0 Å². The van der Waals surface area contributed by atoms with Gasteiger partial charge in [-0.3, -0.25) is 9.69 Å². The second-order valence-electron chi connectivity index (χ2n) is 4.90. The maximum atomic E-state index is 10.8. The lowest BCUT2D eigenvalue weighted by Gasteiger charge is -2.45. The Hall–Kier alpha value is -0.570. The molecule has 2 rings (SSSR count). The highest BCUT2D eigenvalue weighted by Crippen LogP contribution is 2.31. The molecule has 0 aromatic heterocycles. The summed E-state index contributed by atoms with van der Waals surface area (Å²) in [6, 6.07) is 0.682. The van der Waals surface area contributed by atoms with Crippen LogP contribution in [0.3, 0.4) is 0 Å². The molecular formula is C11H19NO2. The lowest BCUT2D eigenvalue weighted by Crippen LogP contribution is -2.52. The minimum absolute atomic E-state index is 0.0649. The van der Waals surface area contributed by atoms with E-state index in [9.17, 15) is 4.79 Å². The third-order valence-electron chi connectivity index (χ3n) is 3.65. The first kappa shape index (κ1) is 9.97. The molecule has 1 saturated heterocycles. The van der Waals surface area contributed by atoms with Crippen molar-refractivity contribution >= 4 is 5.97 Å². The van der Waals surface area contributed by atoms with Crippen molar-refractivity contribution in [3.05, 3.63) is 0 Å². The fraction of sp³-hybridized carbons (Fsp3) is 0.909. The summed E-state index contributed by atoms with van der Waals surface area (Å²) in [7, 11) is 0. The van der Waals surface area contributed by atoms with Crippen molar-refractivity contribution in [2.24, 2.45) is 11.8 Å². The molecule has 0 amide bonds. The van der Waals surface area contributed by atoms with Crippen molar-refractivity contribution in [3.8, 4) is 0 Å². The normalized spacial score (nSPS) is 35.2. The fourth-order valence-corrected chi connectivity index (χ4v) is 2.73. The van der Waals surface area contributed by atoms with Crippen molar-refractivity contribution < 1.29 is 9.90 Å². The minimum atomic E-state index is -0.597.